The number of likely N-dealkylation sites (tertiary alicyclic amines) is 1. The third kappa shape index (κ3) is 5.44. The Morgan fingerprint density at radius 2 is 2.04 bits per heavy atom. The van der Waals surface area contributed by atoms with Gasteiger partial charge in [0.15, 0.2) is 0 Å². The maximum Gasteiger partial charge on any atom is 0.389 e. The van der Waals surface area contributed by atoms with Crippen LogP contribution in [-0.4, -0.2) is 36.1 Å². The summed E-state index contributed by atoms with van der Waals surface area (Å²) in [7, 11) is 0. The molecule has 1 saturated heterocycles. The first kappa shape index (κ1) is 17.6. The Morgan fingerprint density at radius 1 is 1.30 bits per heavy atom. The van der Waals surface area contributed by atoms with Crippen molar-refractivity contribution in [2.75, 3.05) is 18.4 Å². The highest BCUT2D eigenvalue weighted by atomic mass is 19.4. The zero-order chi connectivity index (χ0) is 17.0. The molecule has 1 N–H and O–H groups in total. The van der Waals surface area contributed by atoms with Crippen molar-refractivity contribution in [3.05, 3.63) is 29.3 Å². The first-order valence-electron chi connectivity index (χ1n) is 7.93. The molecule has 1 aliphatic heterocycles. The largest absolute Gasteiger partial charge is 0.389 e. The monoisotopic (exact) mass is 328 g/mol. The molecule has 0 aromatic heterocycles. The molecule has 1 atom stereocenters. The molecule has 0 radical (unpaired) electrons. The highest BCUT2D eigenvalue weighted by molar-refractivity contribution is 5.76. The molecule has 1 unspecified atom stereocenters. The fourth-order valence-electron chi connectivity index (χ4n) is 2.80. The van der Waals surface area contributed by atoms with Crippen molar-refractivity contribution < 1.29 is 18.0 Å². The average Bonchev–Trinajstić information content (AvgIpc) is 2.48. The summed E-state index contributed by atoms with van der Waals surface area (Å²) in [6.45, 7) is 5.08. The summed E-state index contributed by atoms with van der Waals surface area (Å²) in [5, 5.41) is 3.39. The van der Waals surface area contributed by atoms with E-state index in [2.05, 4.69) is 11.4 Å². The minimum atomic E-state index is -4.28. The number of carbonyl (C=O) groups is 1. The van der Waals surface area contributed by atoms with Gasteiger partial charge in [-0.3, -0.25) is 4.79 Å². The average molecular weight is 328 g/mol. The van der Waals surface area contributed by atoms with Crippen LogP contribution in [0.2, 0.25) is 0 Å². The van der Waals surface area contributed by atoms with Gasteiger partial charge in [-0.05, 0) is 49.9 Å². The number of nitrogens with zero attached hydrogens (tertiary/aromatic N) is 1. The van der Waals surface area contributed by atoms with Gasteiger partial charge in [-0.2, -0.15) is 13.2 Å². The Morgan fingerprint density at radius 3 is 2.70 bits per heavy atom. The van der Waals surface area contributed by atoms with Crippen molar-refractivity contribution in [3.63, 3.8) is 0 Å². The second kappa shape index (κ2) is 7.23. The molecule has 2 rings (SSSR count). The van der Waals surface area contributed by atoms with Crippen LogP contribution in [0.5, 0.6) is 0 Å². The number of piperidine rings is 1. The number of halogens is 3. The number of hydrogen-bond donors (Lipinski definition) is 1. The van der Waals surface area contributed by atoms with Gasteiger partial charge < -0.3 is 10.2 Å². The maximum atomic E-state index is 12.2. The molecule has 23 heavy (non-hydrogen) atoms. The van der Waals surface area contributed by atoms with E-state index in [1.54, 1.807) is 4.90 Å². The molecule has 0 spiro atoms. The number of nitrogens with one attached hydrogen (secondary N) is 1. The summed E-state index contributed by atoms with van der Waals surface area (Å²) in [4.78, 5) is 13.5. The van der Waals surface area contributed by atoms with Crippen molar-refractivity contribution in [2.45, 2.75) is 51.7 Å². The van der Waals surface area contributed by atoms with Crippen LogP contribution in [0.25, 0.3) is 0 Å². The topological polar surface area (TPSA) is 32.3 Å². The van der Waals surface area contributed by atoms with E-state index in [0.29, 0.717) is 13.1 Å². The van der Waals surface area contributed by atoms with Gasteiger partial charge in [-0.25, -0.2) is 0 Å². The van der Waals surface area contributed by atoms with E-state index in [4.69, 9.17) is 0 Å². The van der Waals surface area contributed by atoms with Crippen LogP contribution in [0.15, 0.2) is 18.2 Å². The highest BCUT2D eigenvalue weighted by Gasteiger charge is 2.30. The Bertz CT molecular complexity index is 557. The van der Waals surface area contributed by atoms with Gasteiger partial charge in [-0.1, -0.05) is 6.07 Å². The molecule has 1 fully saturated rings. The van der Waals surface area contributed by atoms with Crippen LogP contribution in [0, 0.1) is 13.8 Å². The van der Waals surface area contributed by atoms with Crippen molar-refractivity contribution in [2.24, 2.45) is 0 Å². The van der Waals surface area contributed by atoms with Gasteiger partial charge in [0.1, 0.15) is 0 Å². The summed E-state index contributed by atoms with van der Waals surface area (Å²) >= 11 is 0. The predicted molar refractivity (Wildman–Crippen MR) is 84.4 cm³/mol. The standard InChI is InChI=1S/C17H23F3N2O/c1-12-5-6-14(10-13(12)2)21-15-4-3-9-22(11-15)16(23)7-8-17(18,19)20/h5-6,10,15,21H,3-4,7-9,11H2,1-2H3. The van der Waals surface area contributed by atoms with E-state index in [1.807, 2.05) is 26.0 Å². The minimum absolute atomic E-state index is 0.0840. The number of aryl methyl sites for hydroxylation is 2. The number of amides is 1. The fourth-order valence-corrected chi connectivity index (χ4v) is 2.80. The van der Waals surface area contributed by atoms with Gasteiger partial charge in [0.25, 0.3) is 0 Å². The molecule has 1 aromatic rings. The summed E-state index contributed by atoms with van der Waals surface area (Å²) in [6.07, 6.45) is -4.06. The molecule has 3 nitrogen and oxygen atoms in total. The van der Waals surface area contributed by atoms with Crippen molar-refractivity contribution >= 4 is 11.6 Å². The molecule has 1 heterocycles. The van der Waals surface area contributed by atoms with Gasteiger partial charge in [0.2, 0.25) is 5.91 Å². The number of benzene rings is 1. The Labute approximate surface area is 134 Å². The lowest BCUT2D eigenvalue weighted by atomic mass is 10.0. The zero-order valence-electron chi connectivity index (χ0n) is 13.5. The quantitative estimate of drug-likeness (QED) is 0.904. The molecule has 1 aliphatic rings. The normalized spacial score (nSPS) is 18.8. The molecular formula is C17H23F3N2O. The number of hydrogen-bond acceptors (Lipinski definition) is 2. The molecule has 0 saturated carbocycles. The molecule has 128 valence electrons. The second-order valence-electron chi connectivity index (χ2n) is 6.24. The van der Waals surface area contributed by atoms with E-state index in [-0.39, 0.29) is 6.04 Å². The molecule has 0 bridgehead atoms. The lowest BCUT2D eigenvalue weighted by Gasteiger charge is -2.34. The summed E-state index contributed by atoms with van der Waals surface area (Å²) < 4.78 is 36.7. The van der Waals surface area contributed by atoms with Crippen LogP contribution in [0.4, 0.5) is 18.9 Å². The minimum Gasteiger partial charge on any atom is -0.381 e. The first-order valence-corrected chi connectivity index (χ1v) is 7.93. The summed E-state index contributed by atoms with van der Waals surface area (Å²) in [5.74, 6) is -0.408. The number of alkyl halides is 3. The maximum absolute atomic E-state index is 12.2. The zero-order valence-corrected chi connectivity index (χ0v) is 13.5. The Balaban J connectivity index is 1.90. The highest BCUT2D eigenvalue weighted by Crippen LogP contribution is 2.23. The van der Waals surface area contributed by atoms with Gasteiger partial charge in [0, 0.05) is 31.2 Å². The van der Waals surface area contributed by atoms with E-state index >= 15 is 0 Å². The third-order valence-electron chi connectivity index (χ3n) is 4.27. The van der Waals surface area contributed by atoms with Crippen LogP contribution >= 0.6 is 0 Å². The predicted octanol–water partition coefficient (Wildman–Crippen LogP) is 4.05. The molecule has 0 aliphatic carbocycles. The van der Waals surface area contributed by atoms with Crippen LogP contribution in [0.3, 0.4) is 0 Å². The van der Waals surface area contributed by atoms with Crippen LogP contribution < -0.4 is 5.32 Å². The molecule has 1 aromatic carbocycles. The molecule has 1 amide bonds. The summed E-state index contributed by atoms with van der Waals surface area (Å²) in [5.41, 5.74) is 3.38. The smallest absolute Gasteiger partial charge is 0.381 e. The number of carbonyl (C=O) groups excluding carboxylic acids is 1. The Hall–Kier alpha value is -1.72. The van der Waals surface area contributed by atoms with Gasteiger partial charge in [0.05, 0.1) is 6.42 Å². The first-order chi connectivity index (χ1) is 10.7. The Kier molecular flexibility index (Phi) is 5.55. The lowest BCUT2D eigenvalue weighted by Crippen LogP contribution is -2.45. The fraction of sp³-hybridized carbons (Fsp3) is 0.588. The lowest BCUT2D eigenvalue weighted by molar-refractivity contribution is -0.149. The van der Waals surface area contributed by atoms with E-state index in [0.717, 1.165) is 18.5 Å². The van der Waals surface area contributed by atoms with E-state index in [9.17, 15) is 18.0 Å². The third-order valence-corrected chi connectivity index (χ3v) is 4.27. The van der Waals surface area contributed by atoms with E-state index < -0.39 is 24.9 Å². The second-order valence-corrected chi connectivity index (χ2v) is 6.24. The summed E-state index contributed by atoms with van der Waals surface area (Å²) in [6, 6.07) is 6.17. The SMILES string of the molecule is Cc1ccc(NC2CCCN(C(=O)CCC(F)(F)F)C2)cc1C. The molecule has 6 heteroatoms. The van der Waals surface area contributed by atoms with Crippen LogP contribution in [0.1, 0.15) is 36.8 Å². The number of rotatable bonds is 4. The van der Waals surface area contributed by atoms with Crippen molar-refractivity contribution in [1.29, 1.82) is 0 Å². The van der Waals surface area contributed by atoms with E-state index in [1.165, 1.54) is 11.1 Å². The van der Waals surface area contributed by atoms with Gasteiger partial charge >= 0.3 is 6.18 Å². The van der Waals surface area contributed by atoms with Gasteiger partial charge in [-0.15, -0.1) is 0 Å². The van der Waals surface area contributed by atoms with Crippen LogP contribution in [-0.2, 0) is 4.79 Å². The van der Waals surface area contributed by atoms with Crippen molar-refractivity contribution in [3.8, 4) is 0 Å². The van der Waals surface area contributed by atoms with Crippen molar-refractivity contribution in [1.82, 2.24) is 4.90 Å². The number of anilines is 1. The molecular weight excluding hydrogens is 305 g/mol.